The molecule has 0 aromatic heterocycles. The Labute approximate surface area is 84.8 Å². The molecule has 0 amide bonds. The minimum atomic E-state index is -0.520. The fourth-order valence-electron chi connectivity index (χ4n) is 2.26. The molecule has 0 bridgehead atoms. The first-order chi connectivity index (χ1) is 6.67. The van der Waals surface area contributed by atoms with Crippen LogP contribution in [0.2, 0.25) is 0 Å². The number of ether oxygens (including phenoxy) is 1. The molecule has 0 spiro atoms. The summed E-state index contributed by atoms with van der Waals surface area (Å²) in [7, 11) is 0. The lowest BCUT2D eigenvalue weighted by Gasteiger charge is -2.26. The van der Waals surface area contributed by atoms with Crippen molar-refractivity contribution in [3.05, 3.63) is 0 Å². The zero-order valence-corrected chi connectivity index (χ0v) is 8.91. The summed E-state index contributed by atoms with van der Waals surface area (Å²) in [4.78, 5) is 21.9. The monoisotopic (exact) mass is 198 g/mol. The highest BCUT2D eigenvalue weighted by molar-refractivity contribution is 5.89. The molecule has 0 radical (unpaired) electrons. The average molecular weight is 198 g/mol. The average Bonchev–Trinajstić information content (AvgIpc) is 2.44. The summed E-state index contributed by atoms with van der Waals surface area (Å²) in [5.74, 6) is -0.852. The molecule has 80 valence electrons. The second kappa shape index (κ2) is 4.58. The van der Waals surface area contributed by atoms with Gasteiger partial charge in [0.1, 0.15) is 17.8 Å². The quantitative estimate of drug-likeness (QED) is 0.386. The van der Waals surface area contributed by atoms with Crippen molar-refractivity contribution in [1.29, 1.82) is 0 Å². The van der Waals surface area contributed by atoms with Crippen LogP contribution in [0.4, 0.5) is 0 Å². The van der Waals surface area contributed by atoms with E-state index in [9.17, 15) is 9.59 Å². The van der Waals surface area contributed by atoms with Crippen molar-refractivity contribution in [3.63, 3.8) is 0 Å². The van der Waals surface area contributed by atoms with Crippen LogP contribution >= 0.6 is 0 Å². The van der Waals surface area contributed by atoms with E-state index in [2.05, 4.69) is 13.8 Å². The van der Waals surface area contributed by atoms with Gasteiger partial charge in [-0.3, -0.25) is 4.79 Å². The third-order valence-corrected chi connectivity index (χ3v) is 2.79. The van der Waals surface area contributed by atoms with Crippen molar-refractivity contribution in [2.24, 2.45) is 5.92 Å². The van der Waals surface area contributed by atoms with Crippen molar-refractivity contribution < 1.29 is 14.3 Å². The third kappa shape index (κ3) is 2.14. The molecular weight excluding hydrogens is 180 g/mol. The van der Waals surface area contributed by atoms with Crippen molar-refractivity contribution in [1.82, 2.24) is 0 Å². The van der Waals surface area contributed by atoms with Gasteiger partial charge in [0.05, 0.1) is 0 Å². The van der Waals surface area contributed by atoms with Crippen molar-refractivity contribution >= 4 is 12.3 Å². The van der Waals surface area contributed by atoms with Gasteiger partial charge in [0.25, 0.3) is 0 Å². The highest BCUT2D eigenvalue weighted by Crippen LogP contribution is 2.37. The number of hydrogen-bond acceptors (Lipinski definition) is 3. The molecule has 1 rings (SSSR count). The van der Waals surface area contributed by atoms with Crippen LogP contribution in [-0.4, -0.2) is 17.9 Å². The summed E-state index contributed by atoms with van der Waals surface area (Å²) in [6, 6.07) is 0. The topological polar surface area (TPSA) is 43.4 Å². The maximum atomic E-state index is 11.3. The smallest absolute Gasteiger partial charge is 0.316 e. The summed E-state index contributed by atoms with van der Waals surface area (Å²) >= 11 is 0. The maximum absolute atomic E-state index is 11.3. The van der Waals surface area contributed by atoms with Crippen LogP contribution in [-0.2, 0) is 14.3 Å². The fourth-order valence-corrected chi connectivity index (χ4v) is 2.26. The van der Waals surface area contributed by atoms with Crippen molar-refractivity contribution in [3.8, 4) is 0 Å². The van der Waals surface area contributed by atoms with E-state index in [-0.39, 0.29) is 11.6 Å². The molecule has 1 fully saturated rings. The number of carbonyl (C=O) groups excluding carboxylic acids is 2. The van der Waals surface area contributed by atoms with Gasteiger partial charge in [0.15, 0.2) is 0 Å². The second-order valence-corrected chi connectivity index (χ2v) is 4.05. The standard InChI is InChI=1S/C11H18O3/c1-3-5-11(6-4-2)7-9(8-12)10(13)14-11/h8-9H,3-7H2,1-2H3. The van der Waals surface area contributed by atoms with Crippen LogP contribution in [0.5, 0.6) is 0 Å². The summed E-state index contributed by atoms with van der Waals surface area (Å²) in [5.41, 5.74) is -0.341. The van der Waals surface area contributed by atoms with Crippen LogP contribution in [0.15, 0.2) is 0 Å². The largest absolute Gasteiger partial charge is 0.458 e. The number of cyclic esters (lactones) is 1. The zero-order valence-electron chi connectivity index (χ0n) is 8.91. The predicted octanol–water partition coefficient (Wildman–Crippen LogP) is 2.09. The number of esters is 1. The molecule has 1 unspecified atom stereocenters. The summed E-state index contributed by atoms with van der Waals surface area (Å²) in [6.45, 7) is 4.14. The first-order valence-corrected chi connectivity index (χ1v) is 5.35. The highest BCUT2D eigenvalue weighted by Gasteiger charge is 2.45. The molecule has 0 aromatic rings. The van der Waals surface area contributed by atoms with E-state index in [0.717, 1.165) is 32.0 Å². The number of rotatable bonds is 5. The van der Waals surface area contributed by atoms with E-state index in [1.165, 1.54) is 0 Å². The van der Waals surface area contributed by atoms with Crippen LogP contribution in [0.3, 0.4) is 0 Å². The summed E-state index contributed by atoms with van der Waals surface area (Å²) in [5, 5.41) is 0. The molecule has 3 heteroatoms. The lowest BCUT2D eigenvalue weighted by molar-refractivity contribution is -0.152. The minimum absolute atomic E-state index is 0.332. The van der Waals surface area contributed by atoms with E-state index < -0.39 is 5.92 Å². The predicted molar refractivity (Wildman–Crippen MR) is 52.8 cm³/mol. The molecule has 0 N–H and O–H groups in total. The summed E-state index contributed by atoms with van der Waals surface area (Å²) < 4.78 is 5.36. The molecule has 1 heterocycles. The molecule has 0 aliphatic carbocycles. The molecular formula is C11H18O3. The van der Waals surface area contributed by atoms with E-state index in [0.29, 0.717) is 6.42 Å². The molecule has 0 saturated carbocycles. The van der Waals surface area contributed by atoms with E-state index in [4.69, 9.17) is 4.74 Å². The van der Waals surface area contributed by atoms with Gasteiger partial charge in [-0.25, -0.2) is 0 Å². The Morgan fingerprint density at radius 1 is 1.43 bits per heavy atom. The molecule has 14 heavy (non-hydrogen) atoms. The Balaban J connectivity index is 2.71. The van der Waals surface area contributed by atoms with Gasteiger partial charge in [-0.2, -0.15) is 0 Å². The summed E-state index contributed by atoms with van der Waals surface area (Å²) in [6.07, 6.45) is 5.01. The number of carbonyl (C=O) groups is 2. The molecule has 1 aliphatic heterocycles. The van der Waals surface area contributed by atoms with Crippen LogP contribution in [0, 0.1) is 5.92 Å². The highest BCUT2D eigenvalue weighted by atomic mass is 16.6. The fraction of sp³-hybridized carbons (Fsp3) is 0.818. The van der Waals surface area contributed by atoms with Crippen LogP contribution < -0.4 is 0 Å². The van der Waals surface area contributed by atoms with Gasteiger partial charge in [-0.05, 0) is 12.8 Å². The maximum Gasteiger partial charge on any atom is 0.316 e. The van der Waals surface area contributed by atoms with E-state index in [1.807, 2.05) is 0 Å². The Morgan fingerprint density at radius 2 is 2.00 bits per heavy atom. The Kier molecular flexibility index (Phi) is 3.67. The van der Waals surface area contributed by atoms with E-state index >= 15 is 0 Å². The van der Waals surface area contributed by atoms with Crippen molar-refractivity contribution in [2.45, 2.75) is 51.6 Å². The molecule has 0 aromatic carbocycles. The lowest BCUT2D eigenvalue weighted by Crippen LogP contribution is -2.28. The van der Waals surface area contributed by atoms with Crippen molar-refractivity contribution in [2.75, 3.05) is 0 Å². The number of aldehydes is 1. The molecule has 1 saturated heterocycles. The third-order valence-electron chi connectivity index (χ3n) is 2.79. The number of hydrogen-bond donors (Lipinski definition) is 0. The lowest BCUT2D eigenvalue weighted by atomic mass is 9.87. The van der Waals surface area contributed by atoms with Gasteiger partial charge < -0.3 is 9.53 Å². The van der Waals surface area contributed by atoms with Crippen LogP contribution in [0.25, 0.3) is 0 Å². The second-order valence-electron chi connectivity index (χ2n) is 4.05. The van der Waals surface area contributed by atoms with Gasteiger partial charge in [0, 0.05) is 6.42 Å². The van der Waals surface area contributed by atoms with E-state index in [1.54, 1.807) is 0 Å². The van der Waals surface area contributed by atoms with Gasteiger partial charge in [0.2, 0.25) is 0 Å². The molecule has 1 aliphatic rings. The first-order valence-electron chi connectivity index (χ1n) is 5.35. The zero-order chi connectivity index (χ0) is 10.6. The Hall–Kier alpha value is -0.860. The van der Waals surface area contributed by atoms with Gasteiger partial charge in [-0.1, -0.05) is 26.7 Å². The van der Waals surface area contributed by atoms with Crippen LogP contribution in [0.1, 0.15) is 46.0 Å². The Bertz CT molecular complexity index is 217. The first kappa shape index (κ1) is 11.2. The van der Waals surface area contributed by atoms with Gasteiger partial charge >= 0.3 is 5.97 Å². The SMILES string of the molecule is CCCC1(CCC)CC(C=O)C(=O)O1. The Morgan fingerprint density at radius 3 is 2.36 bits per heavy atom. The normalized spacial score (nSPS) is 24.7. The molecule has 3 nitrogen and oxygen atoms in total. The minimum Gasteiger partial charge on any atom is -0.458 e. The molecule has 1 atom stereocenters. The van der Waals surface area contributed by atoms with Gasteiger partial charge in [-0.15, -0.1) is 0 Å².